The molecule has 122 valence electrons. The molecule has 0 aliphatic carbocycles. The topological polar surface area (TPSA) is 41.1 Å². The monoisotopic (exact) mass is 322 g/mol. The van der Waals surface area contributed by atoms with Crippen LogP contribution < -0.4 is 10.6 Å². The number of nitrogens with one attached hydrogen (secondary N) is 2. The van der Waals surface area contributed by atoms with Crippen LogP contribution in [0.4, 0.5) is 10.1 Å². The van der Waals surface area contributed by atoms with Gasteiger partial charge in [0.2, 0.25) is 5.91 Å². The molecule has 3 aromatic carbocycles. The van der Waals surface area contributed by atoms with Crippen molar-refractivity contribution >= 4 is 22.4 Å². The van der Waals surface area contributed by atoms with Crippen LogP contribution in [-0.4, -0.2) is 12.5 Å². The molecule has 0 radical (unpaired) electrons. The first-order chi connectivity index (χ1) is 11.6. The van der Waals surface area contributed by atoms with Crippen LogP contribution in [0.3, 0.4) is 0 Å². The molecular weight excluding hydrogens is 303 g/mol. The Bertz CT molecular complexity index is 840. The van der Waals surface area contributed by atoms with Gasteiger partial charge in [-0.15, -0.1) is 0 Å². The molecule has 0 fully saturated rings. The van der Waals surface area contributed by atoms with Crippen molar-refractivity contribution in [2.75, 3.05) is 11.9 Å². The molecule has 0 aliphatic heterocycles. The summed E-state index contributed by atoms with van der Waals surface area (Å²) in [6.45, 7) is 2.22. The van der Waals surface area contributed by atoms with Gasteiger partial charge in [0.05, 0.1) is 6.54 Å². The number of hydrogen-bond donors (Lipinski definition) is 2. The summed E-state index contributed by atoms with van der Waals surface area (Å²) in [5.41, 5.74) is 1.74. The SMILES string of the molecule is C[C@@H](NCC(=O)Nc1ccc(F)cc1)c1cccc2ccccc12. The van der Waals surface area contributed by atoms with Crippen molar-refractivity contribution < 1.29 is 9.18 Å². The summed E-state index contributed by atoms with van der Waals surface area (Å²) in [6.07, 6.45) is 0. The zero-order chi connectivity index (χ0) is 16.9. The number of fused-ring (bicyclic) bond motifs is 1. The molecule has 0 unspecified atom stereocenters. The molecule has 1 amide bonds. The average molecular weight is 322 g/mol. The van der Waals surface area contributed by atoms with Crippen LogP contribution in [0.5, 0.6) is 0 Å². The van der Waals surface area contributed by atoms with Crippen LogP contribution in [-0.2, 0) is 4.79 Å². The van der Waals surface area contributed by atoms with E-state index in [2.05, 4.69) is 34.9 Å². The molecule has 0 saturated carbocycles. The smallest absolute Gasteiger partial charge is 0.238 e. The fourth-order valence-corrected chi connectivity index (χ4v) is 2.72. The minimum atomic E-state index is -0.323. The standard InChI is InChI=1S/C20H19FN2O/c1-14(18-8-4-6-15-5-2-3-7-19(15)18)22-13-20(24)23-17-11-9-16(21)10-12-17/h2-12,14,22H,13H2,1H3,(H,23,24)/t14-/m1/s1. The van der Waals surface area contributed by atoms with Crippen LogP contribution in [0.25, 0.3) is 10.8 Å². The van der Waals surface area contributed by atoms with Gasteiger partial charge in [-0.2, -0.15) is 0 Å². The summed E-state index contributed by atoms with van der Waals surface area (Å²) >= 11 is 0. The highest BCUT2D eigenvalue weighted by Gasteiger charge is 2.10. The molecule has 0 saturated heterocycles. The van der Waals surface area contributed by atoms with E-state index >= 15 is 0 Å². The predicted molar refractivity (Wildman–Crippen MR) is 95.4 cm³/mol. The maximum Gasteiger partial charge on any atom is 0.238 e. The number of halogens is 1. The van der Waals surface area contributed by atoms with Gasteiger partial charge in [0.15, 0.2) is 0 Å². The second-order valence-electron chi connectivity index (χ2n) is 5.73. The van der Waals surface area contributed by atoms with Gasteiger partial charge in [0.25, 0.3) is 0 Å². The summed E-state index contributed by atoms with van der Waals surface area (Å²) < 4.78 is 12.9. The summed E-state index contributed by atoms with van der Waals surface area (Å²) in [7, 11) is 0. The van der Waals surface area contributed by atoms with E-state index in [1.54, 1.807) is 12.1 Å². The lowest BCUT2D eigenvalue weighted by atomic mass is 10.00. The van der Waals surface area contributed by atoms with Crippen molar-refractivity contribution in [1.29, 1.82) is 0 Å². The number of hydrogen-bond acceptors (Lipinski definition) is 2. The fourth-order valence-electron chi connectivity index (χ4n) is 2.72. The maximum absolute atomic E-state index is 12.9. The van der Waals surface area contributed by atoms with Gasteiger partial charge in [-0.05, 0) is 47.5 Å². The van der Waals surface area contributed by atoms with Gasteiger partial charge in [0.1, 0.15) is 5.82 Å². The van der Waals surface area contributed by atoms with Gasteiger partial charge in [-0.1, -0.05) is 42.5 Å². The average Bonchev–Trinajstić information content (AvgIpc) is 2.61. The molecule has 4 heteroatoms. The zero-order valence-corrected chi connectivity index (χ0v) is 13.4. The van der Waals surface area contributed by atoms with Gasteiger partial charge >= 0.3 is 0 Å². The van der Waals surface area contributed by atoms with Crippen molar-refractivity contribution in [3.63, 3.8) is 0 Å². The third-order valence-electron chi connectivity index (χ3n) is 3.99. The zero-order valence-electron chi connectivity index (χ0n) is 13.4. The Morgan fingerprint density at radius 1 is 1.00 bits per heavy atom. The molecule has 3 rings (SSSR count). The van der Waals surface area contributed by atoms with Crippen LogP contribution in [0.2, 0.25) is 0 Å². The van der Waals surface area contributed by atoms with Crippen molar-refractivity contribution in [2.45, 2.75) is 13.0 Å². The number of benzene rings is 3. The van der Waals surface area contributed by atoms with E-state index in [4.69, 9.17) is 0 Å². The lowest BCUT2D eigenvalue weighted by Crippen LogP contribution is -2.30. The molecule has 3 nitrogen and oxygen atoms in total. The first-order valence-electron chi connectivity index (χ1n) is 7.90. The molecule has 1 atom stereocenters. The van der Waals surface area contributed by atoms with Crippen LogP contribution >= 0.6 is 0 Å². The summed E-state index contributed by atoms with van der Waals surface area (Å²) in [5, 5.41) is 8.34. The summed E-state index contributed by atoms with van der Waals surface area (Å²) in [5.74, 6) is -0.482. The molecule has 2 N–H and O–H groups in total. The number of carbonyl (C=O) groups is 1. The van der Waals surface area contributed by atoms with Crippen molar-refractivity contribution in [2.24, 2.45) is 0 Å². The van der Waals surface area contributed by atoms with Crippen molar-refractivity contribution in [3.05, 3.63) is 78.1 Å². The predicted octanol–water partition coefficient (Wildman–Crippen LogP) is 4.27. The minimum Gasteiger partial charge on any atom is -0.325 e. The Morgan fingerprint density at radius 2 is 1.71 bits per heavy atom. The van der Waals surface area contributed by atoms with E-state index < -0.39 is 0 Å². The third-order valence-corrected chi connectivity index (χ3v) is 3.99. The fraction of sp³-hybridized carbons (Fsp3) is 0.150. The molecule has 3 aromatic rings. The summed E-state index contributed by atoms with van der Waals surface area (Å²) in [4.78, 5) is 12.0. The van der Waals surface area contributed by atoms with E-state index in [1.165, 1.54) is 22.9 Å². The lowest BCUT2D eigenvalue weighted by Gasteiger charge is -2.16. The Morgan fingerprint density at radius 3 is 2.50 bits per heavy atom. The van der Waals surface area contributed by atoms with E-state index in [0.29, 0.717) is 5.69 Å². The first-order valence-corrected chi connectivity index (χ1v) is 7.90. The van der Waals surface area contributed by atoms with Crippen molar-refractivity contribution in [3.8, 4) is 0 Å². The van der Waals surface area contributed by atoms with E-state index in [1.807, 2.05) is 25.1 Å². The Labute approximate surface area is 140 Å². The van der Waals surface area contributed by atoms with Crippen molar-refractivity contribution in [1.82, 2.24) is 5.32 Å². The molecular formula is C20H19FN2O. The number of carbonyl (C=O) groups excluding carboxylic acids is 1. The first kappa shape index (κ1) is 16.1. The lowest BCUT2D eigenvalue weighted by molar-refractivity contribution is -0.115. The maximum atomic E-state index is 12.9. The molecule has 0 aromatic heterocycles. The molecule has 24 heavy (non-hydrogen) atoms. The van der Waals surface area contributed by atoms with E-state index in [-0.39, 0.29) is 24.3 Å². The molecule has 0 heterocycles. The van der Waals surface area contributed by atoms with Crippen LogP contribution in [0.15, 0.2) is 66.7 Å². The largest absolute Gasteiger partial charge is 0.325 e. The van der Waals surface area contributed by atoms with Crippen LogP contribution in [0, 0.1) is 5.82 Å². The van der Waals surface area contributed by atoms with Gasteiger partial charge in [0, 0.05) is 11.7 Å². The second kappa shape index (κ2) is 7.23. The molecule has 0 spiro atoms. The normalized spacial score (nSPS) is 12.1. The quantitative estimate of drug-likeness (QED) is 0.736. The highest BCUT2D eigenvalue weighted by atomic mass is 19.1. The van der Waals surface area contributed by atoms with Gasteiger partial charge < -0.3 is 10.6 Å². The van der Waals surface area contributed by atoms with E-state index in [9.17, 15) is 9.18 Å². The second-order valence-corrected chi connectivity index (χ2v) is 5.73. The third kappa shape index (κ3) is 3.78. The highest BCUT2D eigenvalue weighted by molar-refractivity contribution is 5.92. The number of anilines is 1. The van der Waals surface area contributed by atoms with Crippen LogP contribution in [0.1, 0.15) is 18.5 Å². The Balaban J connectivity index is 1.63. The summed E-state index contributed by atoms with van der Waals surface area (Å²) in [6, 6.07) is 20.1. The molecule has 0 aliphatic rings. The van der Waals surface area contributed by atoms with Gasteiger partial charge in [-0.3, -0.25) is 4.79 Å². The highest BCUT2D eigenvalue weighted by Crippen LogP contribution is 2.23. The van der Waals surface area contributed by atoms with E-state index in [0.717, 1.165) is 5.56 Å². The number of amides is 1. The molecule has 0 bridgehead atoms. The Kier molecular flexibility index (Phi) is 4.87. The van der Waals surface area contributed by atoms with Gasteiger partial charge in [-0.25, -0.2) is 4.39 Å². The number of rotatable bonds is 5. The Hall–Kier alpha value is -2.72. The minimum absolute atomic E-state index is 0.0371.